The summed E-state index contributed by atoms with van der Waals surface area (Å²) in [6, 6.07) is 13.2. The van der Waals surface area contributed by atoms with Crippen LogP contribution < -0.4 is 5.32 Å². The molecule has 2 aliphatic heterocycles. The van der Waals surface area contributed by atoms with Gasteiger partial charge in [0, 0.05) is 55.3 Å². The summed E-state index contributed by atoms with van der Waals surface area (Å²) < 4.78 is 23.9. The number of aromatic nitrogens is 6. The molecule has 52 heavy (non-hydrogen) atoms. The highest BCUT2D eigenvalue weighted by Gasteiger charge is 2.36. The number of aromatic carboxylic acids is 1. The van der Waals surface area contributed by atoms with E-state index in [4.69, 9.17) is 16.3 Å². The maximum atomic E-state index is 15.3. The molecule has 3 aromatic carbocycles. The van der Waals surface area contributed by atoms with E-state index in [1.807, 2.05) is 29.1 Å². The van der Waals surface area contributed by atoms with Crippen LogP contribution in [-0.2, 0) is 27.3 Å². The number of morpholine rings is 1. The van der Waals surface area contributed by atoms with Crippen LogP contribution in [0.4, 0.5) is 10.1 Å². The molecule has 1 unspecified atom stereocenters. The van der Waals surface area contributed by atoms with Crippen LogP contribution in [0.5, 0.6) is 0 Å². The van der Waals surface area contributed by atoms with E-state index >= 15 is 4.39 Å². The lowest BCUT2D eigenvalue weighted by Gasteiger charge is -2.36. The van der Waals surface area contributed by atoms with Crippen LogP contribution in [-0.4, -0.2) is 102 Å². The molecule has 16 heteroatoms. The molecule has 0 saturated carbocycles. The number of ether oxygens (including phenoxy) is 1. The molecule has 14 nitrogen and oxygen atoms in total. The fourth-order valence-corrected chi connectivity index (χ4v) is 6.66. The molecule has 7 rings (SSSR count). The maximum Gasteiger partial charge on any atom is 0.335 e. The molecular formula is C36H33ClFN9O5. The summed E-state index contributed by atoms with van der Waals surface area (Å²) in [6.45, 7) is 4.92. The molecule has 266 valence electrons. The van der Waals surface area contributed by atoms with Crippen molar-refractivity contribution in [3.63, 3.8) is 0 Å². The fourth-order valence-electron chi connectivity index (χ4n) is 6.50. The number of halogens is 2. The van der Waals surface area contributed by atoms with Gasteiger partial charge in [-0.15, -0.1) is 5.10 Å². The molecule has 2 N–H and O–H groups in total. The van der Waals surface area contributed by atoms with Crippen molar-refractivity contribution in [1.29, 1.82) is 0 Å². The van der Waals surface area contributed by atoms with Crippen LogP contribution in [0.3, 0.4) is 0 Å². The number of nitrogens with zero attached hydrogens (tertiary/aromatic N) is 8. The van der Waals surface area contributed by atoms with E-state index in [2.05, 4.69) is 30.8 Å². The molecule has 2 aliphatic rings. The van der Waals surface area contributed by atoms with Crippen LogP contribution in [0.25, 0.3) is 22.9 Å². The van der Waals surface area contributed by atoms with Gasteiger partial charge in [-0.25, -0.2) is 9.18 Å². The molecule has 4 heterocycles. The van der Waals surface area contributed by atoms with Gasteiger partial charge in [-0.1, -0.05) is 29.8 Å². The van der Waals surface area contributed by atoms with Gasteiger partial charge in [-0.2, -0.15) is 9.78 Å². The number of amides is 2. The third-order valence-corrected chi connectivity index (χ3v) is 9.44. The second-order valence-corrected chi connectivity index (χ2v) is 12.7. The molecule has 0 spiro atoms. The first-order valence-corrected chi connectivity index (χ1v) is 16.9. The average molecular weight is 726 g/mol. The second-order valence-electron chi connectivity index (χ2n) is 12.3. The molecule has 1 fully saturated rings. The van der Waals surface area contributed by atoms with Crippen molar-refractivity contribution in [1.82, 2.24) is 39.8 Å². The highest BCUT2D eigenvalue weighted by atomic mass is 35.5. The van der Waals surface area contributed by atoms with Gasteiger partial charge in [-0.3, -0.25) is 19.2 Å². The van der Waals surface area contributed by atoms with E-state index in [1.54, 1.807) is 6.20 Å². The number of hydrogen-bond donors (Lipinski definition) is 2. The number of fused-ring (bicyclic) bond motifs is 1. The van der Waals surface area contributed by atoms with E-state index in [0.717, 1.165) is 49.5 Å². The molecule has 0 radical (unpaired) electrons. The van der Waals surface area contributed by atoms with E-state index in [0.29, 0.717) is 24.2 Å². The number of hydrogen-bond acceptors (Lipinski definition) is 9. The van der Waals surface area contributed by atoms with Crippen molar-refractivity contribution in [2.75, 3.05) is 44.7 Å². The van der Waals surface area contributed by atoms with Crippen LogP contribution in [0.2, 0.25) is 5.02 Å². The lowest BCUT2D eigenvalue weighted by molar-refractivity contribution is -0.135. The number of rotatable bonds is 10. The average Bonchev–Trinajstić information content (AvgIpc) is 3.88. The first kappa shape index (κ1) is 34.7. The minimum atomic E-state index is -1.10. The van der Waals surface area contributed by atoms with Gasteiger partial charge in [0.1, 0.15) is 12.4 Å². The number of carboxylic acids is 1. The minimum absolute atomic E-state index is 0.0157. The predicted molar refractivity (Wildman–Crippen MR) is 188 cm³/mol. The number of tetrazole rings is 1. The van der Waals surface area contributed by atoms with E-state index < -0.39 is 29.6 Å². The van der Waals surface area contributed by atoms with Crippen molar-refractivity contribution >= 4 is 41.1 Å². The van der Waals surface area contributed by atoms with Gasteiger partial charge in [-0.05, 0) is 76.0 Å². The third-order valence-electron chi connectivity index (χ3n) is 9.14. The van der Waals surface area contributed by atoms with Crippen LogP contribution >= 0.6 is 11.6 Å². The number of benzene rings is 3. The van der Waals surface area contributed by atoms with Gasteiger partial charge in [0.05, 0.1) is 42.2 Å². The van der Waals surface area contributed by atoms with Crippen molar-refractivity contribution in [3.8, 4) is 16.8 Å². The highest BCUT2D eigenvalue weighted by molar-refractivity contribution is 6.31. The SMILES string of the molecule is O=C(O)c1ccc(NC(=O)C2c3cccc(-c4cnn(CCN5CCOCC5)c4)c3CCN2C(=O)/C=C/c2c(-n3cnnn3)ccc(Cl)c2F)cc1. The lowest BCUT2D eigenvalue weighted by Crippen LogP contribution is -2.45. The van der Waals surface area contributed by atoms with E-state index in [9.17, 15) is 19.5 Å². The standard InChI is InChI=1S/C36H33ClFN9O5/c37-30-9-10-31(47-22-39-42-43-47)29(33(30)38)8-11-32(48)46-13-12-27-26(24-20-40-45(21-24)15-14-44-16-18-52-19-17-44)2-1-3-28(27)34(46)35(49)41-25-6-4-23(5-7-25)36(50)51/h1-11,20-22,34H,12-19H2,(H,41,49)(H,50,51)/b11-8+. The summed E-state index contributed by atoms with van der Waals surface area (Å²) in [5.41, 5.74) is 3.96. The summed E-state index contributed by atoms with van der Waals surface area (Å²) >= 11 is 6.09. The quantitative estimate of drug-likeness (QED) is 0.201. The molecule has 2 amide bonds. The van der Waals surface area contributed by atoms with Gasteiger partial charge >= 0.3 is 5.97 Å². The number of anilines is 1. The Kier molecular flexibility index (Phi) is 10.2. The van der Waals surface area contributed by atoms with Crippen LogP contribution in [0.15, 0.2) is 79.4 Å². The molecule has 1 saturated heterocycles. The number of carbonyl (C=O) groups is 3. The van der Waals surface area contributed by atoms with Crippen LogP contribution in [0.1, 0.15) is 33.1 Å². The monoisotopic (exact) mass is 725 g/mol. The summed E-state index contributed by atoms with van der Waals surface area (Å²) in [7, 11) is 0. The molecule has 0 aliphatic carbocycles. The fraction of sp³-hybridized carbons (Fsp3) is 0.250. The summed E-state index contributed by atoms with van der Waals surface area (Å²) in [4.78, 5) is 43.3. The summed E-state index contributed by atoms with van der Waals surface area (Å²) in [5, 5.41) is 27.7. The molecule has 5 aromatic rings. The second kappa shape index (κ2) is 15.2. The number of nitrogens with one attached hydrogen (secondary N) is 1. The first-order valence-electron chi connectivity index (χ1n) is 16.6. The van der Waals surface area contributed by atoms with Gasteiger partial charge < -0.3 is 20.1 Å². The Labute approximate surface area is 302 Å². The topological polar surface area (TPSA) is 161 Å². The van der Waals surface area contributed by atoms with Gasteiger partial charge in [0.15, 0.2) is 5.82 Å². The summed E-state index contributed by atoms with van der Waals surface area (Å²) in [5.74, 6) is -2.92. The largest absolute Gasteiger partial charge is 0.478 e. The Morgan fingerprint density at radius 1 is 1.04 bits per heavy atom. The predicted octanol–water partition coefficient (Wildman–Crippen LogP) is 4.13. The molecule has 0 bridgehead atoms. The minimum Gasteiger partial charge on any atom is -0.478 e. The number of carboxylic acid groups (broad SMARTS) is 1. The Morgan fingerprint density at radius 3 is 2.60 bits per heavy atom. The smallest absolute Gasteiger partial charge is 0.335 e. The zero-order valence-corrected chi connectivity index (χ0v) is 28.5. The zero-order chi connectivity index (χ0) is 36.2. The highest BCUT2D eigenvalue weighted by Crippen LogP contribution is 2.37. The molecular weight excluding hydrogens is 693 g/mol. The van der Waals surface area contributed by atoms with Crippen molar-refractivity contribution in [2.24, 2.45) is 0 Å². The molecule has 2 aromatic heterocycles. The van der Waals surface area contributed by atoms with Crippen LogP contribution in [0, 0.1) is 5.82 Å². The Bertz CT molecular complexity index is 2130. The Morgan fingerprint density at radius 2 is 1.85 bits per heavy atom. The normalized spacial score (nSPS) is 16.2. The maximum absolute atomic E-state index is 15.3. The van der Waals surface area contributed by atoms with Crippen molar-refractivity contribution < 1.29 is 28.6 Å². The summed E-state index contributed by atoms with van der Waals surface area (Å²) in [6.07, 6.45) is 7.99. The Hall–Kier alpha value is -5.77. The van der Waals surface area contributed by atoms with Gasteiger partial charge in [0.25, 0.3) is 5.91 Å². The van der Waals surface area contributed by atoms with E-state index in [-0.39, 0.29) is 28.4 Å². The lowest BCUT2D eigenvalue weighted by atomic mass is 9.86. The first-order chi connectivity index (χ1) is 25.3. The van der Waals surface area contributed by atoms with Gasteiger partial charge in [0.2, 0.25) is 5.91 Å². The van der Waals surface area contributed by atoms with Crippen molar-refractivity contribution in [3.05, 3.63) is 112 Å². The Balaban J connectivity index is 1.20. The van der Waals surface area contributed by atoms with Crippen molar-refractivity contribution in [2.45, 2.75) is 19.0 Å². The molecule has 1 atom stereocenters. The van der Waals surface area contributed by atoms with E-state index in [1.165, 1.54) is 64.5 Å². The third kappa shape index (κ3) is 7.32. The number of carbonyl (C=O) groups excluding carboxylic acids is 2. The zero-order valence-electron chi connectivity index (χ0n) is 27.7.